The van der Waals surface area contributed by atoms with E-state index in [9.17, 15) is 0 Å². The first-order valence-corrected chi connectivity index (χ1v) is 7.14. The standard InChI is InChI=1S/C17H20N4/c1-17(2,3)20-11-14-10-19-12-21(14)16-6-4-5-13-9-18-8-7-15(13)16/h4-10,12,20H,11H2,1-3H3. The smallest absolute Gasteiger partial charge is 0.0994 e. The van der Waals surface area contributed by atoms with Crippen LogP contribution in [0.2, 0.25) is 0 Å². The molecule has 4 heteroatoms. The Labute approximate surface area is 124 Å². The quantitative estimate of drug-likeness (QED) is 0.800. The normalized spacial score (nSPS) is 12.0. The lowest BCUT2D eigenvalue weighted by Crippen LogP contribution is -2.35. The first-order chi connectivity index (χ1) is 10.0. The van der Waals surface area contributed by atoms with Crippen molar-refractivity contribution in [2.75, 3.05) is 0 Å². The van der Waals surface area contributed by atoms with Gasteiger partial charge in [-0.2, -0.15) is 0 Å². The van der Waals surface area contributed by atoms with Crippen LogP contribution in [0.3, 0.4) is 0 Å². The SMILES string of the molecule is CC(C)(C)NCc1cncn1-c1cccc2cnccc12. The summed E-state index contributed by atoms with van der Waals surface area (Å²) in [5.74, 6) is 0. The lowest BCUT2D eigenvalue weighted by atomic mass is 10.1. The summed E-state index contributed by atoms with van der Waals surface area (Å²) in [5, 5.41) is 5.83. The molecule has 0 saturated heterocycles. The van der Waals surface area contributed by atoms with Gasteiger partial charge < -0.3 is 9.88 Å². The van der Waals surface area contributed by atoms with Crippen molar-refractivity contribution in [3.63, 3.8) is 0 Å². The monoisotopic (exact) mass is 280 g/mol. The van der Waals surface area contributed by atoms with Gasteiger partial charge in [-0.15, -0.1) is 0 Å². The zero-order valence-electron chi connectivity index (χ0n) is 12.7. The maximum atomic E-state index is 4.31. The van der Waals surface area contributed by atoms with E-state index in [1.54, 1.807) is 0 Å². The molecule has 0 atom stereocenters. The summed E-state index contributed by atoms with van der Waals surface area (Å²) in [7, 11) is 0. The fraction of sp³-hybridized carbons (Fsp3) is 0.294. The molecule has 0 fully saturated rings. The molecule has 0 bridgehead atoms. The van der Waals surface area contributed by atoms with E-state index in [0.29, 0.717) is 0 Å². The van der Waals surface area contributed by atoms with Gasteiger partial charge in [-0.05, 0) is 32.9 Å². The highest BCUT2D eigenvalue weighted by atomic mass is 15.1. The van der Waals surface area contributed by atoms with Crippen LogP contribution >= 0.6 is 0 Å². The molecule has 0 aliphatic rings. The Balaban J connectivity index is 2.02. The second-order valence-electron chi connectivity index (χ2n) is 6.23. The van der Waals surface area contributed by atoms with Crippen molar-refractivity contribution in [1.29, 1.82) is 0 Å². The lowest BCUT2D eigenvalue weighted by molar-refractivity contribution is 0.420. The van der Waals surface area contributed by atoms with Crippen LogP contribution in [0.15, 0.2) is 49.2 Å². The number of hydrogen-bond donors (Lipinski definition) is 1. The van der Waals surface area contributed by atoms with Crippen LogP contribution in [0.1, 0.15) is 26.5 Å². The van der Waals surface area contributed by atoms with Crippen LogP contribution in [0, 0.1) is 0 Å². The van der Waals surface area contributed by atoms with Crippen molar-refractivity contribution in [2.24, 2.45) is 0 Å². The molecule has 0 unspecified atom stereocenters. The Bertz CT molecular complexity index is 747. The van der Waals surface area contributed by atoms with Gasteiger partial charge in [0.25, 0.3) is 0 Å². The van der Waals surface area contributed by atoms with Crippen molar-refractivity contribution in [2.45, 2.75) is 32.9 Å². The highest BCUT2D eigenvalue weighted by Crippen LogP contribution is 2.22. The van der Waals surface area contributed by atoms with Crippen LogP contribution < -0.4 is 5.32 Å². The molecular weight excluding hydrogens is 260 g/mol. The van der Waals surface area contributed by atoms with Crippen LogP contribution in [0.5, 0.6) is 0 Å². The van der Waals surface area contributed by atoms with Gasteiger partial charge in [0.05, 0.1) is 17.7 Å². The highest BCUT2D eigenvalue weighted by Gasteiger charge is 2.12. The number of pyridine rings is 1. The van der Waals surface area contributed by atoms with E-state index in [2.05, 4.69) is 58.8 Å². The van der Waals surface area contributed by atoms with Gasteiger partial charge in [0.1, 0.15) is 0 Å². The summed E-state index contributed by atoms with van der Waals surface area (Å²) in [4.78, 5) is 8.50. The number of hydrogen-bond acceptors (Lipinski definition) is 3. The number of benzene rings is 1. The largest absolute Gasteiger partial charge is 0.306 e. The number of imidazole rings is 1. The van der Waals surface area contributed by atoms with Crippen molar-refractivity contribution >= 4 is 10.8 Å². The Morgan fingerprint density at radius 2 is 1.95 bits per heavy atom. The van der Waals surface area contributed by atoms with E-state index < -0.39 is 0 Å². The maximum absolute atomic E-state index is 4.31. The number of nitrogens with one attached hydrogen (secondary N) is 1. The van der Waals surface area contributed by atoms with Gasteiger partial charge in [-0.1, -0.05) is 12.1 Å². The molecule has 21 heavy (non-hydrogen) atoms. The Morgan fingerprint density at radius 1 is 1.10 bits per heavy atom. The zero-order chi connectivity index (χ0) is 14.9. The van der Waals surface area contributed by atoms with E-state index in [1.165, 1.54) is 5.39 Å². The lowest BCUT2D eigenvalue weighted by Gasteiger charge is -2.21. The second kappa shape index (κ2) is 5.30. The van der Waals surface area contributed by atoms with Gasteiger partial charge in [0, 0.05) is 41.4 Å². The minimum Gasteiger partial charge on any atom is -0.306 e. The molecule has 1 N–H and O–H groups in total. The van der Waals surface area contributed by atoms with E-state index in [-0.39, 0.29) is 5.54 Å². The molecule has 3 aromatic rings. The van der Waals surface area contributed by atoms with Crippen LogP contribution in [0.4, 0.5) is 0 Å². The molecule has 3 rings (SSSR count). The minimum atomic E-state index is 0.0811. The summed E-state index contributed by atoms with van der Waals surface area (Å²) in [6, 6.07) is 8.30. The molecule has 2 heterocycles. The van der Waals surface area contributed by atoms with E-state index in [0.717, 1.165) is 23.3 Å². The van der Waals surface area contributed by atoms with Gasteiger partial charge in [0.2, 0.25) is 0 Å². The third kappa shape index (κ3) is 2.95. The molecule has 0 saturated carbocycles. The van der Waals surface area contributed by atoms with Crippen LogP contribution in [-0.4, -0.2) is 20.1 Å². The van der Waals surface area contributed by atoms with Crippen LogP contribution in [0.25, 0.3) is 16.5 Å². The Morgan fingerprint density at radius 3 is 2.76 bits per heavy atom. The third-order valence-corrected chi connectivity index (χ3v) is 3.43. The topological polar surface area (TPSA) is 42.7 Å². The van der Waals surface area contributed by atoms with E-state index in [1.807, 2.05) is 31.0 Å². The molecule has 0 aliphatic heterocycles. The summed E-state index contributed by atoms with van der Waals surface area (Å²) in [6.07, 6.45) is 7.51. The predicted octanol–water partition coefficient (Wildman–Crippen LogP) is 3.31. The molecule has 0 spiro atoms. The fourth-order valence-corrected chi connectivity index (χ4v) is 2.34. The number of fused-ring (bicyclic) bond motifs is 1. The molecule has 2 aromatic heterocycles. The van der Waals surface area contributed by atoms with Crippen molar-refractivity contribution < 1.29 is 0 Å². The molecule has 0 radical (unpaired) electrons. The third-order valence-electron chi connectivity index (χ3n) is 3.43. The molecule has 0 amide bonds. The number of nitrogens with zero attached hydrogens (tertiary/aromatic N) is 3. The zero-order valence-corrected chi connectivity index (χ0v) is 12.7. The van der Waals surface area contributed by atoms with Gasteiger partial charge in [-0.3, -0.25) is 4.98 Å². The molecular formula is C17H20N4. The highest BCUT2D eigenvalue weighted by molar-refractivity contribution is 5.89. The summed E-state index contributed by atoms with van der Waals surface area (Å²) < 4.78 is 2.14. The summed E-state index contributed by atoms with van der Waals surface area (Å²) in [6.45, 7) is 7.27. The fourth-order valence-electron chi connectivity index (χ4n) is 2.34. The molecule has 0 aliphatic carbocycles. The summed E-state index contributed by atoms with van der Waals surface area (Å²) >= 11 is 0. The average molecular weight is 280 g/mol. The predicted molar refractivity (Wildman–Crippen MR) is 85.5 cm³/mol. The molecule has 1 aromatic carbocycles. The minimum absolute atomic E-state index is 0.0811. The number of aromatic nitrogens is 3. The van der Waals surface area contributed by atoms with E-state index in [4.69, 9.17) is 0 Å². The Hall–Kier alpha value is -2.20. The van der Waals surface area contributed by atoms with Gasteiger partial charge >= 0.3 is 0 Å². The number of rotatable bonds is 3. The van der Waals surface area contributed by atoms with Crippen LogP contribution in [-0.2, 0) is 6.54 Å². The van der Waals surface area contributed by atoms with Crippen molar-refractivity contribution in [3.8, 4) is 5.69 Å². The van der Waals surface area contributed by atoms with Gasteiger partial charge in [0.15, 0.2) is 0 Å². The maximum Gasteiger partial charge on any atom is 0.0994 e. The van der Waals surface area contributed by atoms with Crippen molar-refractivity contribution in [1.82, 2.24) is 19.9 Å². The first-order valence-electron chi connectivity index (χ1n) is 7.14. The molecule has 4 nitrogen and oxygen atoms in total. The second-order valence-corrected chi connectivity index (χ2v) is 6.23. The average Bonchev–Trinajstić information content (AvgIpc) is 2.92. The Kier molecular flexibility index (Phi) is 3.47. The van der Waals surface area contributed by atoms with Crippen molar-refractivity contribution in [3.05, 3.63) is 54.9 Å². The molecule has 108 valence electrons. The summed E-state index contributed by atoms with van der Waals surface area (Å²) in [5.41, 5.74) is 2.37. The first kappa shape index (κ1) is 13.8. The van der Waals surface area contributed by atoms with Gasteiger partial charge in [-0.25, -0.2) is 4.98 Å². The van der Waals surface area contributed by atoms with E-state index >= 15 is 0 Å².